The third-order valence-electron chi connectivity index (χ3n) is 4.44. The number of nitrogens with one attached hydrogen (secondary N) is 1. The predicted molar refractivity (Wildman–Crippen MR) is 75.9 cm³/mol. The molecule has 3 heteroatoms. The van der Waals surface area contributed by atoms with Crippen LogP contribution in [0, 0.1) is 0 Å². The van der Waals surface area contributed by atoms with Gasteiger partial charge in [-0.1, -0.05) is 19.3 Å². The maximum Gasteiger partial charge on any atom is 0.0708 e. The lowest BCUT2D eigenvalue weighted by Gasteiger charge is -2.33. The molecule has 2 unspecified atom stereocenters. The van der Waals surface area contributed by atoms with Crippen molar-refractivity contribution in [3.05, 3.63) is 0 Å². The molecule has 1 heterocycles. The smallest absolute Gasteiger partial charge is 0.0708 e. The zero-order chi connectivity index (χ0) is 13.0. The van der Waals surface area contributed by atoms with Gasteiger partial charge in [-0.15, -0.1) is 0 Å². The molecule has 0 amide bonds. The molecular formula is C15H30N2O. The number of hydrogen-bond donors (Lipinski definition) is 1. The van der Waals surface area contributed by atoms with Crippen LogP contribution in [-0.2, 0) is 4.74 Å². The summed E-state index contributed by atoms with van der Waals surface area (Å²) in [6.07, 6.45) is 9.76. The number of nitrogens with zero attached hydrogens (tertiary/aromatic N) is 1. The van der Waals surface area contributed by atoms with Gasteiger partial charge >= 0.3 is 0 Å². The monoisotopic (exact) mass is 254 g/mol. The molecule has 1 aliphatic carbocycles. The molecule has 2 rings (SSSR count). The van der Waals surface area contributed by atoms with Crippen LogP contribution in [0.25, 0.3) is 0 Å². The van der Waals surface area contributed by atoms with Gasteiger partial charge < -0.3 is 15.0 Å². The summed E-state index contributed by atoms with van der Waals surface area (Å²) in [6, 6.07) is 0.548. The Morgan fingerprint density at radius 3 is 2.61 bits per heavy atom. The lowest BCUT2D eigenvalue weighted by atomic mass is 9.83. The molecule has 106 valence electrons. The molecule has 1 saturated heterocycles. The van der Waals surface area contributed by atoms with E-state index in [0.29, 0.717) is 12.1 Å². The number of likely N-dealkylation sites (N-methyl/N-ethyl adjacent to an activating group) is 1. The summed E-state index contributed by atoms with van der Waals surface area (Å²) in [5.74, 6) is 0. The van der Waals surface area contributed by atoms with Crippen LogP contribution >= 0.6 is 0 Å². The second-order valence-corrected chi connectivity index (χ2v) is 6.59. The highest BCUT2D eigenvalue weighted by molar-refractivity contribution is 4.92. The molecule has 1 aliphatic heterocycles. The van der Waals surface area contributed by atoms with Crippen molar-refractivity contribution in [2.75, 3.05) is 27.2 Å². The number of rotatable bonds is 5. The van der Waals surface area contributed by atoms with Crippen molar-refractivity contribution in [3.63, 3.8) is 0 Å². The maximum atomic E-state index is 6.37. The van der Waals surface area contributed by atoms with Gasteiger partial charge in [-0.25, -0.2) is 0 Å². The van der Waals surface area contributed by atoms with Crippen LogP contribution in [-0.4, -0.2) is 49.8 Å². The molecule has 0 radical (unpaired) electrons. The Morgan fingerprint density at radius 1 is 1.22 bits per heavy atom. The van der Waals surface area contributed by atoms with Crippen LogP contribution < -0.4 is 5.32 Å². The third-order valence-corrected chi connectivity index (χ3v) is 4.44. The second-order valence-electron chi connectivity index (χ2n) is 6.59. The molecule has 0 aromatic heterocycles. The van der Waals surface area contributed by atoms with Crippen LogP contribution in [0.15, 0.2) is 0 Å². The molecule has 1 spiro atoms. The summed E-state index contributed by atoms with van der Waals surface area (Å²) in [6.45, 7) is 4.37. The molecule has 2 fully saturated rings. The minimum absolute atomic E-state index is 0.273. The molecule has 1 N–H and O–H groups in total. The maximum absolute atomic E-state index is 6.37. The average Bonchev–Trinajstić information content (AvgIpc) is 2.70. The number of hydrogen-bond acceptors (Lipinski definition) is 3. The van der Waals surface area contributed by atoms with Crippen LogP contribution in [0.4, 0.5) is 0 Å². The Hall–Kier alpha value is -0.120. The van der Waals surface area contributed by atoms with E-state index in [1.54, 1.807) is 0 Å². The Kier molecular flexibility index (Phi) is 5.05. The van der Waals surface area contributed by atoms with E-state index in [-0.39, 0.29) is 5.60 Å². The summed E-state index contributed by atoms with van der Waals surface area (Å²) in [5.41, 5.74) is 0.273. The first-order chi connectivity index (χ1) is 8.60. The fourth-order valence-electron chi connectivity index (χ4n) is 3.55. The predicted octanol–water partition coefficient (Wildman–Crippen LogP) is 2.41. The van der Waals surface area contributed by atoms with Gasteiger partial charge in [0.05, 0.1) is 11.7 Å². The first-order valence-electron chi connectivity index (χ1n) is 7.66. The lowest BCUT2D eigenvalue weighted by molar-refractivity contribution is -0.0629. The van der Waals surface area contributed by atoms with Crippen LogP contribution in [0.2, 0.25) is 0 Å². The van der Waals surface area contributed by atoms with Crippen molar-refractivity contribution in [2.45, 2.75) is 69.6 Å². The quantitative estimate of drug-likeness (QED) is 0.815. The van der Waals surface area contributed by atoms with Crippen LogP contribution in [0.5, 0.6) is 0 Å². The van der Waals surface area contributed by atoms with E-state index in [1.165, 1.54) is 44.9 Å². The SMILES string of the molecule is CC(CN(C)C)NCC1CCC2(CCCCC2)O1. The van der Waals surface area contributed by atoms with E-state index in [4.69, 9.17) is 4.74 Å². The highest BCUT2D eigenvalue weighted by Crippen LogP contribution is 2.41. The van der Waals surface area contributed by atoms with Gasteiger partial charge in [0, 0.05) is 19.1 Å². The van der Waals surface area contributed by atoms with Crippen molar-refractivity contribution in [3.8, 4) is 0 Å². The molecule has 18 heavy (non-hydrogen) atoms. The highest BCUT2D eigenvalue weighted by atomic mass is 16.5. The summed E-state index contributed by atoms with van der Waals surface area (Å²) in [7, 11) is 4.25. The van der Waals surface area contributed by atoms with Gasteiger partial charge in [0.2, 0.25) is 0 Å². The average molecular weight is 254 g/mol. The van der Waals surface area contributed by atoms with Crippen molar-refractivity contribution in [2.24, 2.45) is 0 Å². The van der Waals surface area contributed by atoms with Crippen LogP contribution in [0.3, 0.4) is 0 Å². The standard InChI is InChI=1S/C15H30N2O/c1-13(12-17(2)3)16-11-14-7-10-15(18-14)8-5-4-6-9-15/h13-14,16H,4-12H2,1-3H3. The Labute approximate surface area is 112 Å². The molecule has 0 aromatic rings. The largest absolute Gasteiger partial charge is 0.370 e. The summed E-state index contributed by atoms with van der Waals surface area (Å²) >= 11 is 0. The van der Waals surface area contributed by atoms with E-state index in [2.05, 4.69) is 31.2 Å². The Morgan fingerprint density at radius 2 is 1.94 bits per heavy atom. The van der Waals surface area contributed by atoms with E-state index in [1.807, 2.05) is 0 Å². The van der Waals surface area contributed by atoms with E-state index in [0.717, 1.165) is 13.1 Å². The summed E-state index contributed by atoms with van der Waals surface area (Å²) in [4.78, 5) is 2.23. The van der Waals surface area contributed by atoms with Gasteiger partial charge in [0.15, 0.2) is 0 Å². The molecule has 0 bridgehead atoms. The van der Waals surface area contributed by atoms with Gasteiger partial charge in [-0.2, -0.15) is 0 Å². The Bertz CT molecular complexity index is 249. The van der Waals surface area contributed by atoms with Gasteiger partial charge in [0.1, 0.15) is 0 Å². The zero-order valence-corrected chi connectivity index (χ0v) is 12.4. The second kappa shape index (κ2) is 6.36. The fraction of sp³-hybridized carbons (Fsp3) is 1.00. The molecule has 3 nitrogen and oxygen atoms in total. The summed E-state index contributed by atoms with van der Waals surface area (Å²) in [5, 5.41) is 3.61. The molecule has 0 aromatic carbocycles. The first kappa shape index (κ1) is 14.3. The van der Waals surface area contributed by atoms with Crippen LogP contribution in [0.1, 0.15) is 51.9 Å². The molecular weight excluding hydrogens is 224 g/mol. The van der Waals surface area contributed by atoms with Gasteiger partial charge in [-0.05, 0) is 46.7 Å². The molecule has 2 aliphatic rings. The summed E-state index contributed by atoms with van der Waals surface area (Å²) < 4.78 is 6.37. The normalized spacial score (nSPS) is 29.0. The molecule has 1 saturated carbocycles. The zero-order valence-electron chi connectivity index (χ0n) is 12.4. The first-order valence-corrected chi connectivity index (χ1v) is 7.66. The minimum Gasteiger partial charge on any atom is -0.370 e. The topological polar surface area (TPSA) is 24.5 Å². The van der Waals surface area contributed by atoms with Crippen molar-refractivity contribution >= 4 is 0 Å². The third kappa shape index (κ3) is 3.94. The van der Waals surface area contributed by atoms with E-state index >= 15 is 0 Å². The lowest BCUT2D eigenvalue weighted by Crippen LogP contribution is -2.41. The van der Waals surface area contributed by atoms with E-state index in [9.17, 15) is 0 Å². The Balaban J connectivity index is 1.69. The molecule has 2 atom stereocenters. The van der Waals surface area contributed by atoms with Crippen molar-refractivity contribution < 1.29 is 4.74 Å². The van der Waals surface area contributed by atoms with Crippen molar-refractivity contribution in [1.82, 2.24) is 10.2 Å². The van der Waals surface area contributed by atoms with Crippen molar-refractivity contribution in [1.29, 1.82) is 0 Å². The highest BCUT2D eigenvalue weighted by Gasteiger charge is 2.40. The van der Waals surface area contributed by atoms with Gasteiger partial charge in [0.25, 0.3) is 0 Å². The minimum atomic E-state index is 0.273. The fourth-order valence-corrected chi connectivity index (χ4v) is 3.55. The number of ether oxygens (including phenoxy) is 1. The van der Waals surface area contributed by atoms with Gasteiger partial charge in [-0.3, -0.25) is 0 Å². The van der Waals surface area contributed by atoms with E-state index < -0.39 is 0 Å².